The highest BCUT2D eigenvalue weighted by Gasteiger charge is 2.13. The van der Waals surface area contributed by atoms with Crippen molar-refractivity contribution in [2.75, 3.05) is 11.9 Å². The van der Waals surface area contributed by atoms with Crippen LogP contribution in [0.25, 0.3) is 22.3 Å². The number of pyridine rings is 2. The van der Waals surface area contributed by atoms with Gasteiger partial charge >= 0.3 is 0 Å². The van der Waals surface area contributed by atoms with Crippen LogP contribution in [0.15, 0.2) is 73.2 Å². The van der Waals surface area contributed by atoms with Crippen LogP contribution in [-0.4, -0.2) is 27.0 Å². The third-order valence-electron chi connectivity index (χ3n) is 3.99. The van der Waals surface area contributed by atoms with Gasteiger partial charge in [0.15, 0.2) is 5.82 Å². The molecule has 4 aromatic rings. The van der Waals surface area contributed by atoms with Crippen molar-refractivity contribution in [2.45, 2.75) is 6.54 Å². The van der Waals surface area contributed by atoms with Crippen LogP contribution < -0.4 is 4.90 Å². The Morgan fingerprint density at radius 1 is 0.880 bits per heavy atom. The quantitative estimate of drug-likeness (QED) is 0.572. The van der Waals surface area contributed by atoms with E-state index in [1.54, 1.807) is 12.4 Å². The molecule has 0 bridgehead atoms. The molecule has 0 saturated carbocycles. The van der Waals surface area contributed by atoms with Gasteiger partial charge in [0.2, 0.25) is 0 Å². The summed E-state index contributed by atoms with van der Waals surface area (Å²) in [5.74, 6) is 1.56. The first-order valence-corrected chi connectivity index (χ1v) is 8.09. The van der Waals surface area contributed by atoms with Crippen molar-refractivity contribution < 1.29 is 0 Å². The summed E-state index contributed by atoms with van der Waals surface area (Å²) < 4.78 is 0. The smallest absolute Gasteiger partial charge is 0.163 e. The second-order valence-electron chi connectivity index (χ2n) is 5.81. The second kappa shape index (κ2) is 6.65. The van der Waals surface area contributed by atoms with E-state index in [2.05, 4.69) is 14.9 Å². The van der Waals surface area contributed by atoms with E-state index in [0.717, 1.165) is 28.0 Å². The predicted octanol–water partition coefficient (Wildman–Crippen LogP) is 3.72. The Morgan fingerprint density at radius 2 is 1.76 bits per heavy atom. The highest BCUT2D eigenvalue weighted by molar-refractivity contribution is 5.90. The first-order valence-electron chi connectivity index (χ1n) is 8.09. The fraction of sp³-hybridized carbons (Fsp3) is 0.100. The van der Waals surface area contributed by atoms with Crippen LogP contribution in [0.2, 0.25) is 0 Å². The van der Waals surface area contributed by atoms with Crippen molar-refractivity contribution in [3.8, 4) is 11.4 Å². The Bertz CT molecular complexity index is 987. The topological polar surface area (TPSA) is 54.8 Å². The number of anilines is 1. The first-order chi connectivity index (χ1) is 12.3. The van der Waals surface area contributed by atoms with Crippen molar-refractivity contribution in [3.05, 3.63) is 78.9 Å². The number of nitrogens with zero attached hydrogens (tertiary/aromatic N) is 5. The average molecular weight is 327 g/mol. The van der Waals surface area contributed by atoms with Crippen molar-refractivity contribution >= 4 is 16.7 Å². The zero-order chi connectivity index (χ0) is 17.1. The lowest BCUT2D eigenvalue weighted by Gasteiger charge is -2.20. The third-order valence-corrected chi connectivity index (χ3v) is 3.99. The molecule has 1 aromatic carbocycles. The van der Waals surface area contributed by atoms with Crippen LogP contribution in [0.3, 0.4) is 0 Å². The van der Waals surface area contributed by atoms with Crippen molar-refractivity contribution in [3.63, 3.8) is 0 Å². The van der Waals surface area contributed by atoms with Crippen molar-refractivity contribution in [2.24, 2.45) is 0 Å². The van der Waals surface area contributed by atoms with Gasteiger partial charge in [0.1, 0.15) is 5.82 Å². The van der Waals surface area contributed by atoms with Crippen LogP contribution in [0, 0.1) is 0 Å². The summed E-state index contributed by atoms with van der Waals surface area (Å²) in [7, 11) is 2.02. The maximum absolute atomic E-state index is 4.81. The van der Waals surface area contributed by atoms with Gasteiger partial charge in [-0.2, -0.15) is 0 Å². The van der Waals surface area contributed by atoms with Gasteiger partial charge in [0, 0.05) is 36.6 Å². The fourth-order valence-corrected chi connectivity index (χ4v) is 2.78. The van der Waals surface area contributed by atoms with E-state index in [1.165, 1.54) is 0 Å². The minimum Gasteiger partial charge on any atom is -0.353 e. The molecule has 0 saturated heterocycles. The van der Waals surface area contributed by atoms with Gasteiger partial charge in [-0.15, -0.1) is 0 Å². The van der Waals surface area contributed by atoms with E-state index in [1.807, 2.05) is 67.8 Å². The number of aromatic nitrogens is 4. The van der Waals surface area contributed by atoms with Gasteiger partial charge < -0.3 is 4.90 Å². The molecule has 4 rings (SSSR count). The molecule has 0 aliphatic rings. The highest BCUT2D eigenvalue weighted by atomic mass is 15.2. The second-order valence-corrected chi connectivity index (χ2v) is 5.81. The van der Waals surface area contributed by atoms with Gasteiger partial charge in [0.05, 0.1) is 17.8 Å². The first kappa shape index (κ1) is 15.2. The van der Waals surface area contributed by atoms with E-state index in [-0.39, 0.29) is 0 Å². The summed E-state index contributed by atoms with van der Waals surface area (Å²) in [5, 5.41) is 1.02. The molecule has 0 aliphatic carbocycles. The maximum atomic E-state index is 4.81. The molecule has 122 valence electrons. The minimum atomic E-state index is 0.675. The summed E-state index contributed by atoms with van der Waals surface area (Å²) in [4.78, 5) is 20.2. The van der Waals surface area contributed by atoms with E-state index >= 15 is 0 Å². The molecular formula is C20H17N5. The van der Waals surface area contributed by atoms with Crippen molar-refractivity contribution in [1.29, 1.82) is 0 Å². The minimum absolute atomic E-state index is 0.675. The monoisotopic (exact) mass is 327 g/mol. The molecule has 25 heavy (non-hydrogen) atoms. The van der Waals surface area contributed by atoms with Crippen LogP contribution in [0.1, 0.15) is 5.69 Å². The molecule has 0 radical (unpaired) electrons. The van der Waals surface area contributed by atoms with E-state index < -0.39 is 0 Å². The lowest BCUT2D eigenvalue weighted by atomic mass is 10.2. The number of fused-ring (bicyclic) bond motifs is 1. The summed E-state index contributed by atoms with van der Waals surface area (Å²) in [6.45, 7) is 0.675. The molecule has 5 nitrogen and oxygen atoms in total. The van der Waals surface area contributed by atoms with E-state index in [9.17, 15) is 0 Å². The molecule has 0 fully saturated rings. The number of hydrogen-bond acceptors (Lipinski definition) is 5. The number of rotatable bonds is 4. The molecule has 0 atom stereocenters. The summed E-state index contributed by atoms with van der Waals surface area (Å²) in [6.07, 6.45) is 5.34. The number of benzene rings is 1. The van der Waals surface area contributed by atoms with Crippen LogP contribution in [0.4, 0.5) is 5.82 Å². The summed E-state index contributed by atoms with van der Waals surface area (Å²) >= 11 is 0. The largest absolute Gasteiger partial charge is 0.353 e. The molecule has 0 spiro atoms. The third kappa shape index (κ3) is 3.17. The predicted molar refractivity (Wildman–Crippen MR) is 99.1 cm³/mol. The Hall–Kier alpha value is -3.34. The highest BCUT2D eigenvalue weighted by Crippen LogP contribution is 2.27. The lowest BCUT2D eigenvalue weighted by molar-refractivity contribution is 0.869. The average Bonchev–Trinajstić information content (AvgIpc) is 2.68. The molecule has 5 heteroatoms. The Labute approximate surface area is 146 Å². The van der Waals surface area contributed by atoms with E-state index in [0.29, 0.717) is 12.4 Å². The summed E-state index contributed by atoms with van der Waals surface area (Å²) in [5.41, 5.74) is 2.82. The van der Waals surface area contributed by atoms with Gasteiger partial charge in [-0.25, -0.2) is 9.97 Å². The fourth-order valence-electron chi connectivity index (χ4n) is 2.78. The number of hydrogen-bond donors (Lipinski definition) is 0. The van der Waals surface area contributed by atoms with Gasteiger partial charge in [-0.3, -0.25) is 9.97 Å². The van der Waals surface area contributed by atoms with E-state index in [4.69, 9.17) is 9.97 Å². The van der Waals surface area contributed by atoms with Gasteiger partial charge in [-0.05, 0) is 36.4 Å². The normalized spacial score (nSPS) is 10.8. The van der Waals surface area contributed by atoms with Gasteiger partial charge in [-0.1, -0.05) is 18.2 Å². The molecule has 0 unspecified atom stereocenters. The molecule has 3 aromatic heterocycles. The zero-order valence-corrected chi connectivity index (χ0v) is 13.9. The SMILES string of the molecule is CN(Cc1ccccn1)c1nc(-c2cccnc2)nc2ccccc12. The summed E-state index contributed by atoms with van der Waals surface area (Å²) in [6, 6.07) is 17.9. The maximum Gasteiger partial charge on any atom is 0.163 e. The number of para-hydroxylation sites is 1. The Balaban J connectivity index is 1.81. The zero-order valence-electron chi connectivity index (χ0n) is 13.9. The standard InChI is InChI=1S/C20H17N5/c1-25(14-16-8-4-5-12-22-16)20-17-9-2-3-10-18(17)23-19(24-20)15-7-6-11-21-13-15/h2-13H,14H2,1H3. The molecule has 3 heterocycles. The molecule has 0 N–H and O–H groups in total. The van der Waals surface area contributed by atoms with Crippen LogP contribution in [-0.2, 0) is 6.54 Å². The molecule has 0 aliphatic heterocycles. The molecule has 0 amide bonds. The van der Waals surface area contributed by atoms with Gasteiger partial charge in [0.25, 0.3) is 0 Å². The Kier molecular flexibility index (Phi) is 4.04. The van der Waals surface area contributed by atoms with Crippen LogP contribution in [0.5, 0.6) is 0 Å². The lowest BCUT2D eigenvalue weighted by Crippen LogP contribution is -2.19. The Morgan fingerprint density at radius 3 is 2.56 bits per heavy atom. The van der Waals surface area contributed by atoms with Crippen LogP contribution >= 0.6 is 0 Å². The van der Waals surface area contributed by atoms with Crippen molar-refractivity contribution in [1.82, 2.24) is 19.9 Å². The molecular weight excluding hydrogens is 310 g/mol.